The molecule has 0 saturated carbocycles. The summed E-state index contributed by atoms with van der Waals surface area (Å²) in [6.07, 6.45) is 15.5. The van der Waals surface area contributed by atoms with Gasteiger partial charge >= 0.3 is 5.97 Å². The van der Waals surface area contributed by atoms with Crippen molar-refractivity contribution in [1.29, 1.82) is 0 Å². The number of allylic oxidation sites excluding steroid dienone is 2. The summed E-state index contributed by atoms with van der Waals surface area (Å²) in [5, 5.41) is 37.1. The van der Waals surface area contributed by atoms with Gasteiger partial charge in [-0.2, -0.15) is 0 Å². The van der Waals surface area contributed by atoms with Crippen molar-refractivity contribution in [3.63, 3.8) is 0 Å². The van der Waals surface area contributed by atoms with Gasteiger partial charge in [0.25, 0.3) is 11.8 Å². The molecule has 0 bridgehead atoms. The number of aromatic hydroxyl groups is 1. The molecule has 56 heavy (non-hydrogen) atoms. The van der Waals surface area contributed by atoms with Gasteiger partial charge in [0, 0.05) is 19.5 Å². The SMILES string of the molecule is CCCCCCCC/C=C\CCCC(=O)N(O)CCCC[C@H](NC(=O)[C@]1(C)COC(c2ccccc2O)=N1)C(=O)O[C@H](C)CC(=O)N[C@H]1CCCCN(O)C1=O. The summed E-state index contributed by atoms with van der Waals surface area (Å²) in [5.74, 6) is -2.97. The van der Waals surface area contributed by atoms with Crippen molar-refractivity contribution < 1.29 is 49.0 Å². The van der Waals surface area contributed by atoms with Crippen LogP contribution in [0.25, 0.3) is 0 Å². The first-order chi connectivity index (χ1) is 26.8. The highest BCUT2D eigenvalue weighted by atomic mass is 16.5. The molecule has 0 radical (unpaired) electrons. The topological polar surface area (TPSA) is 207 Å². The Bertz CT molecular complexity index is 1500. The molecule has 3 rings (SSSR count). The number of esters is 1. The molecule has 1 saturated heterocycles. The van der Waals surface area contributed by atoms with Gasteiger partial charge in [-0.15, -0.1) is 0 Å². The number of phenols is 1. The first kappa shape index (κ1) is 45.9. The fraction of sp³-hybridized carbons (Fsp3) is 0.659. The molecule has 2 aliphatic rings. The number of phenolic OH excluding ortho intramolecular Hbond substituents is 1. The van der Waals surface area contributed by atoms with Crippen LogP contribution in [0.4, 0.5) is 0 Å². The summed E-state index contributed by atoms with van der Waals surface area (Å²) >= 11 is 0. The third-order valence-electron chi connectivity index (χ3n) is 9.90. The van der Waals surface area contributed by atoms with Crippen LogP contribution in [0.3, 0.4) is 0 Å². The van der Waals surface area contributed by atoms with Crippen molar-refractivity contribution in [2.24, 2.45) is 4.99 Å². The minimum Gasteiger partial charge on any atom is -0.507 e. The lowest BCUT2D eigenvalue weighted by Gasteiger charge is -2.25. The molecule has 15 nitrogen and oxygen atoms in total. The molecular formula is C41H63N5O10. The Hall–Kier alpha value is -4.50. The maximum atomic E-state index is 13.6. The number of ether oxygens (including phenoxy) is 2. The second-order valence-corrected chi connectivity index (χ2v) is 15.0. The minimum absolute atomic E-state index is 0.0317. The van der Waals surface area contributed by atoms with Crippen LogP contribution in [0.2, 0.25) is 0 Å². The first-order valence-corrected chi connectivity index (χ1v) is 20.3. The van der Waals surface area contributed by atoms with Crippen LogP contribution in [0.1, 0.15) is 135 Å². The molecule has 1 aromatic carbocycles. The molecule has 1 fully saturated rings. The molecular weight excluding hydrogens is 722 g/mol. The number of rotatable bonds is 24. The lowest BCUT2D eigenvalue weighted by atomic mass is 10.0. The van der Waals surface area contributed by atoms with E-state index in [1.54, 1.807) is 18.2 Å². The molecule has 4 atom stereocenters. The Morgan fingerprint density at radius 2 is 1.77 bits per heavy atom. The van der Waals surface area contributed by atoms with E-state index in [1.807, 2.05) is 0 Å². The number of unbranched alkanes of at least 4 members (excludes halogenated alkanes) is 8. The number of amides is 4. The number of carbonyl (C=O) groups excluding carboxylic acids is 5. The van der Waals surface area contributed by atoms with Gasteiger partial charge in [0.15, 0.2) is 5.54 Å². The molecule has 4 amide bonds. The molecule has 0 aromatic heterocycles. The lowest BCUT2D eigenvalue weighted by Crippen LogP contribution is -2.52. The van der Waals surface area contributed by atoms with E-state index in [4.69, 9.17) is 9.47 Å². The summed E-state index contributed by atoms with van der Waals surface area (Å²) in [4.78, 5) is 69.2. The average Bonchev–Trinajstić information content (AvgIpc) is 3.50. The maximum Gasteiger partial charge on any atom is 0.328 e. The molecule has 0 aliphatic carbocycles. The van der Waals surface area contributed by atoms with Crippen molar-refractivity contribution in [3.8, 4) is 5.75 Å². The van der Waals surface area contributed by atoms with E-state index in [2.05, 4.69) is 34.7 Å². The molecule has 0 unspecified atom stereocenters. The predicted octanol–water partition coefficient (Wildman–Crippen LogP) is 5.49. The van der Waals surface area contributed by atoms with Crippen molar-refractivity contribution >= 4 is 35.5 Å². The van der Waals surface area contributed by atoms with Crippen molar-refractivity contribution in [3.05, 3.63) is 42.0 Å². The van der Waals surface area contributed by atoms with Gasteiger partial charge in [0.2, 0.25) is 17.7 Å². The standard InChI is InChI=1S/C41H63N5O10/c1-4-5-6-7-8-9-10-11-12-13-14-25-36(49)45(53)26-19-18-23-33(43-40(52)41(3)29-55-37(44-41)31-21-15-16-24-34(31)47)39(51)56-30(2)28-35(48)42-32-22-17-20-27-46(54)38(32)50/h11-12,15-16,21,24,30,32-33,47,53-54H,4-10,13-14,17-20,22-23,25-29H2,1-3H3,(H,42,48)(H,43,52)/b12-11-/t30-,32+,33+,41+/m1/s1. The minimum atomic E-state index is -1.44. The molecule has 1 aromatic rings. The van der Waals surface area contributed by atoms with Gasteiger partial charge in [-0.3, -0.25) is 29.6 Å². The van der Waals surface area contributed by atoms with Gasteiger partial charge in [-0.25, -0.2) is 19.9 Å². The van der Waals surface area contributed by atoms with E-state index < -0.39 is 53.3 Å². The molecule has 0 spiro atoms. The van der Waals surface area contributed by atoms with E-state index in [9.17, 15) is 39.5 Å². The van der Waals surface area contributed by atoms with E-state index in [1.165, 1.54) is 58.4 Å². The van der Waals surface area contributed by atoms with E-state index >= 15 is 0 Å². The van der Waals surface area contributed by atoms with E-state index in [0.29, 0.717) is 54.2 Å². The smallest absolute Gasteiger partial charge is 0.328 e. The second kappa shape index (κ2) is 24.2. The zero-order valence-corrected chi connectivity index (χ0v) is 33.4. The predicted molar refractivity (Wildman–Crippen MR) is 209 cm³/mol. The number of nitrogens with zero attached hydrogens (tertiary/aromatic N) is 3. The number of hydrogen-bond acceptors (Lipinski definition) is 11. The van der Waals surface area contributed by atoms with Gasteiger partial charge < -0.3 is 25.2 Å². The fourth-order valence-electron chi connectivity index (χ4n) is 6.48. The monoisotopic (exact) mass is 785 g/mol. The Labute approximate surface area is 330 Å². The first-order valence-electron chi connectivity index (χ1n) is 20.3. The third kappa shape index (κ3) is 15.6. The van der Waals surface area contributed by atoms with Crippen molar-refractivity contribution in [2.75, 3.05) is 19.7 Å². The Balaban J connectivity index is 1.53. The number of hydroxylamine groups is 4. The van der Waals surface area contributed by atoms with Gasteiger partial charge in [-0.05, 0) is 90.2 Å². The molecule has 2 heterocycles. The summed E-state index contributed by atoms with van der Waals surface area (Å²) in [5.41, 5.74) is -1.13. The largest absolute Gasteiger partial charge is 0.507 e. The number of para-hydroxylation sites is 1. The summed E-state index contributed by atoms with van der Waals surface area (Å²) in [6, 6.07) is 4.34. The number of aliphatic imine (C=N–C) groups is 1. The Morgan fingerprint density at radius 1 is 1.05 bits per heavy atom. The Morgan fingerprint density at radius 3 is 2.52 bits per heavy atom. The van der Waals surface area contributed by atoms with Gasteiger partial charge in [0.05, 0.1) is 12.0 Å². The number of benzene rings is 1. The van der Waals surface area contributed by atoms with E-state index in [-0.39, 0.29) is 50.6 Å². The average molecular weight is 786 g/mol. The number of carbonyl (C=O) groups is 5. The molecule has 15 heteroatoms. The van der Waals surface area contributed by atoms with Crippen molar-refractivity contribution in [1.82, 2.24) is 20.8 Å². The fourth-order valence-corrected chi connectivity index (χ4v) is 6.48. The molecule has 312 valence electrons. The normalized spacial score (nSPS) is 19.4. The lowest BCUT2D eigenvalue weighted by molar-refractivity contribution is -0.167. The van der Waals surface area contributed by atoms with Crippen LogP contribution in [-0.2, 0) is 33.4 Å². The van der Waals surface area contributed by atoms with Crippen LogP contribution < -0.4 is 10.6 Å². The van der Waals surface area contributed by atoms with Crippen molar-refractivity contribution in [2.45, 2.75) is 154 Å². The van der Waals surface area contributed by atoms with Gasteiger partial charge in [0.1, 0.15) is 30.5 Å². The number of nitrogens with one attached hydrogen (secondary N) is 2. The number of hydrogen-bond donors (Lipinski definition) is 5. The van der Waals surface area contributed by atoms with Gasteiger partial charge in [-0.1, -0.05) is 63.3 Å². The highest BCUT2D eigenvalue weighted by Gasteiger charge is 2.42. The molecule has 2 aliphatic heterocycles. The van der Waals surface area contributed by atoms with Crippen LogP contribution >= 0.6 is 0 Å². The van der Waals surface area contributed by atoms with E-state index in [0.717, 1.165) is 12.8 Å². The highest BCUT2D eigenvalue weighted by Crippen LogP contribution is 2.26. The quantitative estimate of drug-likeness (QED) is 0.0293. The van der Waals surface area contributed by atoms with Crippen LogP contribution in [-0.4, -0.2) is 105 Å². The second-order valence-electron chi connectivity index (χ2n) is 15.0. The maximum absolute atomic E-state index is 13.6. The summed E-state index contributed by atoms with van der Waals surface area (Å²) < 4.78 is 11.3. The Kier molecular flexibility index (Phi) is 19.8. The van der Waals surface area contributed by atoms with Crippen LogP contribution in [0, 0.1) is 0 Å². The zero-order valence-electron chi connectivity index (χ0n) is 33.4. The molecule has 5 N–H and O–H groups in total. The van der Waals surface area contributed by atoms with Crippen LogP contribution in [0.5, 0.6) is 5.75 Å². The summed E-state index contributed by atoms with van der Waals surface area (Å²) in [6.45, 7) is 5.32. The zero-order chi connectivity index (χ0) is 40.9. The highest BCUT2D eigenvalue weighted by molar-refractivity contribution is 6.02. The summed E-state index contributed by atoms with van der Waals surface area (Å²) in [7, 11) is 0. The third-order valence-corrected chi connectivity index (χ3v) is 9.90. The van der Waals surface area contributed by atoms with Crippen LogP contribution in [0.15, 0.2) is 41.4 Å².